The number of methoxy groups -OCH3 is 1. The Morgan fingerprint density at radius 1 is 1.13 bits per heavy atom. The summed E-state index contributed by atoms with van der Waals surface area (Å²) in [6.45, 7) is 10.1. The molecule has 3 heterocycles. The number of anilines is 3. The topological polar surface area (TPSA) is 74.3 Å². The Labute approximate surface area is 235 Å². The highest BCUT2D eigenvalue weighted by molar-refractivity contribution is 8.00. The molecule has 1 atom stereocenters. The molecule has 1 aromatic heterocycles. The Kier molecular flexibility index (Phi) is 9.50. The molecule has 2 aromatic carbocycles. The number of nitrogens with one attached hydrogen (secondary N) is 3. The van der Waals surface area contributed by atoms with E-state index in [0.717, 1.165) is 29.9 Å². The highest BCUT2D eigenvalue weighted by Gasteiger charge is 2.26. The Balaban J connectivity index is 0.00000144. The molecule has 39 heavy (non-hydrogen) atoms. The normalized spacial score (nSPS) is 17.2. The van der Waals surface area contributed by atoms with Crippen LogP contribution in [0.5, 0.6) is 5.75 Å². The average molecular weight is 559 g/mol. The number of fused-ring (bicyclic) bond motifs is 1. The summed E-state index contributed by atoms with van der Waals surface area (Å²) < 4.78 is 34.8. The monoisotopic (exact) mass is 558 g/mol. The van der Waals surface area contributed by atoms with Crippen LogP contribution in [0.4, 0.5) is 26.1 Å². The molecule has 0 spiro atoms. The highest BCUT2D eigenvalue weighted by Crippen LogP contribution is 2.41. The van der Waals surface area contributed by atoms with E-state index in [9.17, 15) is 8.78 Å². The predicted octanol–water partition coefficient (Wildman–Crippen LogP) is 7.25. The number of likely N-dealkylation sites (tertiary alicyclic amines) is 1. The van der Waals surface area contributed by atoms with Crippen LogP contribution in [0, 0.1) is 11.6 Å². The van der Waals surface area contributed by atoms with Crippen LogP contribution in [-0.2, 0) is 0 Å². The summed E-state index contributed by atoms with van der Waals surface area (Å²) in [5.74, 6) is -0.325. The Morgan fingerprint density at radius 3 is 2.56 bits per heavy atom. The van der Waals surface area contributed by atoms with E-state index in [0.29, 0.717) is 17.2 Å². The molecule has 1 saturated heterocycles. The third kappa shape index (κ3) is 6.73. The third-order valence-corrected chi connectivity index (χ3v) is 7.76. The minimum Gasteiger partial charge on any atom is -0.492 e. The molecule has 2 aliphatic heterocycles. The van der Waals surface area contributed by atoms with Gasteiger partial charge in [0.1, 0.15) is 5.69 Å². The second-order valence-corrected chi connectivity index (χ2v) is 11.0. The van der Waals surface area contributed by atoms with Gasteiger partial charge in [-0.2, -0.15) is 0 Å². The third-order valence-electron chi connectivity index (χ3n) is 6.70. The molecular weight excluding hydrogens is 518 g/mol. The van der Waals surface area contributed by atoms with Crippen LogP contribution in [0.1, 0.15) is 53.4 Å². The number of aromatic nitrogens is 2. The smallest absolute Gasteiger partial charge is 0.225 e. The lowest BCUT2D eigenvalue weighted by molar-refractivity contribution is 0.255. The zero-order chi connectivity index (χ0) is 28.1. The fraction of sp³-hybridized carbons (Fsp3) is 0.448. The number of rotatable bonds is 7. The molecule has 5 rings (SSSR count). The lowest BCUT2D eigenvalue weighted by Gasteiger charge is -2.29. The predicted molar refractivity (Wildman–Crippen MR) is 159 cm³/mol. The summed E-state index contributed by atoms with van der Waals surface area (Å²) >= 11 is 1.64. The zero-order valence-electron chi connectivity index (χ0n) is 23.4. The highest BCUT2D eigenvalue weighted by atomic mass is 32.2. The molecule has 7 nitrogen and oxygen atoms in total. The first-order valence-electron chi connectivity index (χ1n) is 13.5. The SMILES string of the molecule is CC.COc1c(F)cc(-c2nc(NC3Nc4ccc(C5CCN(C)CC5)cc4S3)ncc2F)cc1NC(C)C.[HH]. The van der Waals surface area contributed by atoms with Gasteiger partial charge < -0.3 is 25.6 Å². The van der Waals surface area contributed by atoms with Gasteiger partial charge in [-0.3, -0.25) is 0 Å². The number of halogens is 2. The maximum Gasteiger partial charge on any atom is 0.225 e. The second-order valence-electron chi connectivity index (χ2n) is 9.85. The quantitative estimate of drug-likeness (QED) is 0.280. The van der Waals surface area contributed by atoms with Gasteiger partial charge in [-0.25, -0.2) is 18.7 Å². The Bertz CT molecular complexity index is 1290. The summed E-state index contributed by atoms with van der Waals surface area (Å²) in [6, 6.07) is 9.49. The summed E-state index contributed by atoms with van der Waals surface area (Å²) in [7, 11) is 3.57. The van der Waals surface area contributed by atoms with Gasteiger partial charge in [0, 0.05) is 17.9 Å². The number of hydrogen-bond acceptors (Lipinski definition) is 8. The van der Waals surface area contributed by atoms with E-state index in [4.69, 9.17) is 4.74 Å². The van der Waals surface area contributed by atoms with Crippen LogP contribution in [0.2, 0.25) is 0 Å². The van der Waals surface area contributed by atoms with E-state index >= 15 is 0 Å². The van der Waals surface area contributed by atoms with Gasteiger partial charge in [0.15, 0.2) is 22.9 Å². The molecule has 3 N–H and O–H groups in total. The Hall–Kier alpha value is -3.11. The molecule has 0 amide bonds. The lowest BCUT2D eigenvalue weighted by atomic mass is 9.89. The van der Waals surface area contributed by atoms with E-state index in [1.165, 1.54) is 31.6 Å². The Morgan fingerprint density at radius 2 is 1.87 bits per heavy atom. The number of nitrogens with zero attached hydrogens (tertiary/aromatic N) is 3. The molecule has 3 aromatic rings. The minimum absolute atomic E-state index is 0. The molecule has 1 fully saturated rings. The van der Waals surface area contributed by atoms with Crippen molar-refractivity contribution in [3.05, 3.63) is 53.7 Å². The van der Waals surface area contributed by atoms with E-state index in [1.54, 1.807) is 17.8 Å². The molecule has 0 bridgehead atoms. The van der Waals surface area contributed by atoms with Gasteiger partial charge in [-0.05, 0) is 82.6 Å². The summed E-state index contributed by atoms with van der Waals surface area (Å²) in [5.41, 5.74) is 2.94. The lowest BCUT2D eigenvalue weighted by Crippen LogP contribution is -2.29. The van der Waals surface area contributed by atoms with Crippen LogP contribution in [0.15, 0.2) is 41.4 Å². The van der Waals surface area contributed by atoms with Crippen LogP contribution < -0.4 is 20.7 Å². The van der Waals surface area contributed by atoms with Gasteiger partial charge in [0.2, 0.25) is 5.95 Å². The molecule has 10 heteroatoms. The van der Waals surface area contributed by atoms with E-state index < -0.39 is 11.6 Å². The number of piperidine rings is 1. The van der Waals surface area contributed by atoms with Crippen LogP contribution in [-0.4, -0.2) is 53.7 Å². The van der Waals surface area contributed by atoms with Crippen molar-refractivity contribution in [1.29, 1.82) is 0 Å². The van der Waals surface area contributed by atoms with Crippen molar-refractivity contribution in [2.24, 2.45) is 0 Å². The molecule has 0 aliphatic carbocycles. The van der Waals surface area contributed by atoms with Crippen molar-refractivity contribution < 1.29 is 14.9 Å². The van der Waals surface area contributed by atoms with Gasteiger partial charge in [-0.1, -0.05) is 31.7 Å². The first-order chi connectivity index (χ1) is 18.8. The van der Waals surface area contributed by atoms with Gasteiger partial charge in [0.05, 0.1) is 24.7 Å². The number of thioether (sulfide) groups is 1. The average Bonchev–Trinajstić information content (AvgIpc) is 3.32. The fourth-order valence-corrected chi connectivity index (χ4v) is 5.89. The number of ether oxygens (including phenoxy) is 1. The van der Waals surface area contributed by atoms with Crippen molar-refractivity contribution in [2.75, 3.05) is 43.2 Å². The second kappa shape index (κ2) is 12.8. The first-order valence-corrected chi connectivity index (χ1v) is 14.4. The molecule has 212 valence electrons. The standard InChI is InChI=1S/C27H32F2N6OS.C2H6.H2/c1-15(2)31-22-12-18(11-19(28)25(22)36-4)24-20(29)14-30-26(33-24)34-27-32-21-6-5-17(13-23(21)37-27)16-7-9-35(3)10-8-16;1-2;/h5-6,11-16,27,31-32H,7-10H2,1-4H3,(H,30,33,34);1-2H3;1H. The molecule has 0 radical (unpaired) electrons. The molecule has 1 unspecified atom stereocenters. The van der Waals surface area contributed by atoms with Crippen molar-refractivity contribution in [2.45, 2.75) is 62.9 Å². The number of benzene rings is 2. The van der Waals surface area contributed by atoms with Crippen LogP contribution in [0.25, 0.3) is 11.3 Å². The van der Waals surface area contributed by atoms with E-state index in [-0.39, 0.29) is 30.4 Å². The summed E-state index contributed by atoms with van der Waals surface area (Å²) in [6.07, 6.45) is 3.44. The van der Waals surface area contributed by atoms with Crippen LogP contribution in [0.3, 0.4) is 0 Å². The van der Waals surface area contributed by atoms with Crippen molar-refractivity contribution in [3.63, 3.8) is 0 Å². The fourth-order valence-electron chi connectivity index (χ4n) is 4.83. The van der Waals surface area contributed by atoms with Crippen molar-refractivity contribution in [1.82, 2.24) is 14.9 Å². The molecule has 0 saturated carbocycles. The first kappa shape index (κ1) is 28.9. The summed E-state index contributed by atoms with van der Waals surface area (Å²) in [5, 5.41) is 9.81. The van der Waals surface area contributed by atoms with Crippen molar-refractivity contribution >= 4 is 29.1 Å². The van der Waals surface area contributed by atoms with Gasteiger partial charge >= 0.3 is 0 Å². The maximum absolute atomic E-state index is 14.8. The molecule has 2 aliphatic rings. The largest absolute Gasteiger partial charge is 0.492 e. The van der Waals surface area contributed by atoms with Gasteiger partial charge in [0.25, 0.3) is 0 Å². The number of hydrogen-bond donors (Lipinski definition) is 3. The molecular formula is C29H40F2N6OS. The summed E-state index contributed by atoms with van der Waals surface area (Å²) in [4.78, 5) is 12.1. The zero-order valence-corrected chi connectivity index (χ0v) is 24.3. The van der Waals surface area contributed by atoms with E-state index in [2.05, 4.69) is 56.1 Å². The van der Waals surface area contributed by atoms with Crippen LogP contribution >= 0.6 is 11.8 Å². The maximum atomic E-state index is 14.8. The van der Waals surface area contributed by atoms with E-state index in [1.807, 2.05) is 27.7 Å². The van der Waals surface area contributed by atoms with Crippen molar-refractivity contribution in [3.8, 4) is 17.0 Å². The van der Waals surface area contributed by atoms with Gasteiger partial charge in [-0.15, -0.1) is 0 Å². The minimum atomic E-state index is -0.635.